The molecule has 3 nitrogen and oxygen atoms in total. The Hall–Kier alpha value is -1.20. The number of benzene rings is 1. The van der Waals surface area contributed by atoms with Crippen LogP contribution in [0.3, 0.4) is 0 Å². The van der Waals surface area contributed by atoms with Gasteiger partial charge in [0.25, 0.3) is 0 Å². The van der Waals surface area contributed by atoms with Gasteiger partial charge in [0.15, 0.2) is 0 Å². The fraction of sp³-hybridized carbons (Fsp3) is 0.308. The first-order valence-electron chi connectivity index (χ1n) is 5.81. The van der Waals surface area contributed by atoms with Crippen molar-refractivity contribution in [3.8, 4) is 0 Å². The van der Waals surface area contributed by atoms with Crippen molar-refractivity contribution in [3.05, 3.63) is 52.0 Å². The Morgan fingerprint density at radius 2 is 2.22 bits per heavy atom. The van der Waals surface area contributed by atoms with Gasteiger partial charge in [0.1, 0.15) is 5.82 Å². The van der Waals surface area contributed by atoms with Crippen LogP contribution in [0.4, 0.5) is 4.39 Å². The molecule has 0 fully saturated rings. The second-order valence-electron chi connectivity index (χ2n) is 3.96. The van der Waals surface area contributed by atoms with Crippen LogP contribution in [0.15, 0.2) is 34.9 Å². The third-order valence-corrected chi connectivity index (χ3v) is 3.40. The van der Waals surface area contributed by atoms with E-state index >= 15 is 0 Å². The van der Waals surface area contributed by atoms with Crippen molar-refractivity contribution >= 4 is 15.9 Å². The molecule has 5 heteroatoms. The Morgan fingerprint density at radius 3 is 2.83 bits per heavy atom. The lowest BCUT2D eigenvalue weighted by Gasteiger charge is -2.18. The summed E-state index contributed by atoms with van der Waals surface area (Å²) >= 11 is 3.27. The summed E-state index contributed by atoms with van der Waals surface area (Å²) < 4.78 is 16.6. The van der Waals surface area contributed by atoms with Gasteiger partial charge in [-0.3, -0.25) is 4.68 Å². The SMILES string of the molecule is CCn1nccc1C(NC)c1ccc(Br)cc1F. The number of rotatable bonds is 4. The molecule has 0 aliphatic carbocycles. The topological polar surface area (TPSA) is 29.9 Å². The molecule has 0 aliphatic heterocycles. The summed E-state index contributed by atoms with van der Waals surface area (Å²) in [7, 11) is 1.82. The van der Waals surface area contributed by atoms with Crippen LogP contribution in [0.5, 0.6) is 0 Å². The number of aryl methyl sites for hydroxylation is 1. The average Bonchev–Trinajstić information content (AvgIpc) is 2.81. The Morgan fingerprint density at radius 1 is 1.44 bits per heavy atom. The van der Waals surface area contributed by atoms with E-state index in [0.717, 1.165) is 16.7 Å². The van der Waals surface area contributed by atoms with E-state index in [-0.39, 0.29) is 11.9 Å². The third-order valence-electron chi connectivity index (χ3n) is 2.91. The number of aromatic nitrogens is 2. The predicted molar refractivity (Wildman–Crippen MR) is 72.9 cm³/mol. The largest absolute Gasteiger partial charge is 0.308 e. The van der Waals surface area contributed by atoms with Gasteiger partial charge in [-0.25, -0.2) is 4.39 Å². The summed E-state index contributed by atoms with van der Waals surface area (Å²) in [6.07, 6.45) is 1.74. The highest BCUT2D eigenvalue weighted by Gasteiger charge is 2.19. The van der Waals surface area contributed by atoms with E-state index in [1.165, 1.54) is 6.07 Å². The van der Waals surface area contributed by atoms with Crippen LogP contribution in [0.1, 0.15) is 24.2 Å². The van der Waals surface area contributed by atoms with Gasteiger partial charge in [-0.05, 0) is 32.2 Å². The molecule has 2 aromatic rings. The molecule has 0 aliphatic rings. The summed E-state index contributed by atoms with van der Waals surface area (Å²) in [4.78, 5) is 0. The van der Waals surface area contributed by atoms with Crippen molar-refractivity contribution in [1.82, 2.24) is 15.1 Å². The van der Waals surface area contributed by atoms with Gasteiger partial charge >= 0.3 is 0 Å². The summed E-state index contributed by atoms with van der Waals surface area (Å²) in [5, 5.41) is 7.36. The Kier molecular flexibility index (Phi) is 4.14. The highest BCUT2D eigenvalue weighted by molar-refractivity contribution is 9.10. The molecule has 1 aromatic carbocycles. The van der Waals surface area contributed by atoms with Crippen molar-refractivity contribution in [1.29, 1.82) is 0 Å². The van der Waals surface area contributed by atoms with Crippen LogP contribution in [0.25, 0.3) is 0 Å². The van der Waals surface area contributed by atoms with Crippen LogP contribution < -0.4 is 5.32 Å². The number of halogens is 2. The van der Waals surface area contributed by atoms with E-state index in [1.807, 2.05) is 30.8 Å². The molecule has 1 N–H and O–H groups in total. The highest BCUT2D eigenvalue weighted by atomic mass is 79.9. The van der Waals surface area contributed by atoms with Gasteiger partial charge in [0, 0.05) is 22.8 Å². The lowest BCUT2D eigenvalue weighted by atomic mass is 10.0. The minimum absolute atomic E-state index is 0.194. The quantitative estimate of drug-likeness (QED) is 0.940. The van der Waals surface area contributed by atoms with Crippen molar-refractivity contribution in [2.45, 2.75) is 19.5 Å². The van der Waals surface area contributed by atoms with E-state index < -0.39 is 0 Å². The van der Waals surface area contributed by atoms with Gasteiger partial charge in [-0.2, -0.15) is 5.10 Å². The molecule has 0 saturated heterocycles. The molecule has 96 valence electrons. The Labute approximate surface area is 114 Å². The number of hydrogen-bond donors (Lipinski definition) is 1. The average molecular weight is 312 g/mol. The van der Waals surface area contributed by atoms with Gasteiger partial charge in [0.2, 0.25) is 0 Å². The molecule has 0 bridgehead atoms. The molecule has 0 radical (unpaired) electrons. The first-order valence-corrected chi connectivity index (χ1v) is 6.60. The second-order valence-corrected chi connectivity index (χ2v) is 4.88. The van der Waals surface area contributed by atoms with Crippen molar-refractivity contribution in [2.75, 3.05) is 7.05 Å². The molecule has 18 heavy (non-hydrogen) atoms. The lowest BCUT2D eigenvalue weighted by molar-refractivity contribution is 0.532. The summed E-state index contributed by atoms with van der Waals surface area (Å²) in [5.74, 6) is -0.229. The van der Waals surface area contributed by atoms with Crippen molar-refractivity contribution in [3.63, 3.8) is 0 Å². The molecular weight excluding hydrogens is 297 g/mol. The van der Waals surface area contributed by atoms with Crippen LogP contribution in [0, 0.1) is 5.82 Å². The zero-order valence-electron chi connectivity index (χ0n) is 10.3. The number of nitrogens with zero attached hydrogens (tertiary/aromatic N) is 2. The maximum Gasteiger partial charge on any atom is 0.129 e. The molecule has 0 amide bonds. The molecule has 1 heterocycles. The molecule has 1 unspecified atom stereocenters. The number of hydrogen-bond acceptors (Lipinski definition) is 2. The fourth-order valence-corrected chi connectivity index (χ4v) is 2.38. The van der Waals surface area contributed by atoms with Crippen LogP contribution in [0.2, 0.25) is 0 Å². The van der Waals surface area contributed by atoms with Crippen LogP contribution in [-0.4, -0.2) is 16.8 Å². The smallest absolute Gasteiger partial charge is 0.129 e. The maximum absolute atomic E-state index is 14.0. The number of nitrogens with one attached hydrogen (secondary N) is 1. The van der Waals surface area contributed by atoms with Crippen LogP contribution in [-0.2, 0) is 6.54 Å². The minimum atomic E-state index is -0.229. The molecule has 0 saturated carbocycles. The second kappa shape index (κ2) is 5.63. The first kappa shape index (κ1) is 13.2. The molecule has 1 atom stereocenters. The van der Waals surface area contributed by atoms with Crippen molar-refractivity contribution < 1.29 is 4.39 Å². The summed E-state index contributed by atoms with van der Waals surface area (Å²) in [6, 6.07) is 6.82. The van der Waals surface area contributed by atoms with Gasteiger partial charge in [-0.1, -0.05) is 22.0 Å². The monoisotopic (exact) mass is 311 g/mol. The third kappa shape index (κ3) is 2.47. The fourth-order valence-electron chi connectivity index (χ4n) is 2.05. The van der Waals surface area contributed by atoms with Crippen LogP contribution >= 0.6 is 15.9 Å². The molecular formula is C13H15BrFN3. The summed E-state index contributed by atoms with van der Waals surface area (Å²) in [5.41, 5.74) is 1.58. The maximum atomic E-state index is 14.0. The van der Waals surface area contributed by atoms with Gasteiger partial charge in [0.05, 0.1) is 11.7 Å². The lowest BCUT2D eigenvalue weighted by Crippen LogP contribution is -2.22. The minimum Gasteiger partial charge on any atom is -0.308 e. The van der Waals surface area contributed by atoms with Crippen molar-refractivity contribution in [2.24, 2.45) is 0 Å². The van der Waals surface area contributed by atoms with E-state index in [0.29, 0.717) is 5.56 Å². The normalized spacial score (nSPS) is 12.7. The van der Waals surface area contributed by atoms with Gasteiger partial charge < -0.3 is 5.32 Å². The van der Waals surface area contributed by atoms with E-state index in [2.05, 4.69) is 26.3 Å². The van der Waals surface area contributed by atoms with E-state index in [1.54, 1.807) is 12.3 Å². The highest BCUT2D eigenvalue weighted by Crippen LogP contribution is 2.26. The zero-order chi connectivity index (χ0) is 13.1. The Bertz CT molecular complexity index is 539. The molecule has 2 rings (SSSR count). The molecule has 0 spiro atoms. The summed E-state index contributed by atoms with van der Waals surface area (Å²) in [6.45, 7) is 2.78. The predicted octanol–water partition coefficient (Wildman–Crippen LogP) is 3.11. The standard InChI is InChI=1S/C13H15BrFN3/c1-3-18-12(6-7-17-18)13(16-2)10-5-4-9(14)8-11(10)15/h4-8,13,16H,3H2,1-2H3. The van der Waals surface area contributed by atoms with Gasteiger partial charge in [-0.15, -0.1) is 0 Å². The first-order chi connectivity index (χ1) is 8.67. The molecule has 1 aromatic heterocycles. The van der Waals surface area contributed by atoms with E-state index in [9.17, 15) is 4.39 Å². The zero-order valence-corrected chi connectivity index (χ0v) is 11.9. The van der Waals surface area contributed by atoms with E-state index in [4.69, 9.17) is 0 Å². The Balaban J connectivity index is 2.45.